The summed E-state index contributed by atoms with van der Waals surface area (Å²) in [6, 6.07) is 13.5. The number of hydrogen-bond acceptors (Lipinski definition) is 2. The first-order chi connectivity index (χ1) is 6.92. The van der Waals surface area contributed by atoms with E-state index >= 15 is 0 Å². The van der Waals surface area contributed by atoms with Crippen molar-refractivity contribution in [2.24, 2.45) is 0 Å². The Morgan fingerprint density at radius 2 is 1.73 bits per heavy atom. The lowest BCUT2D eigenvalue weighted by atomic mass is 10.1. The van der Waals surface area contributed by atoms with Gasteiger partial charge in [-0.05, 0) is 11.6 Å². The number of rotatable bonds is 2. The number of aromatic nitrogens is 1. The molecule has 0 aliphatic rings. The third-order valence-electron chi connectivity index (χ3n) is 2.03. The van der Waals surface area contributed by atoms with E-state index in [0.29, 0.717) is 5.69 Å². The van der Waals surface area contributed by atoms with Crippen molar-refractivity contribution in [2.45, 2.75) is 7.43 Å². The molecule has 1 heterocycles. The quantitative estimate of drug-likeness (QED) is 0.695. The van der Waals surface area contributed by atoms with Gasteiger partial charge in [-0.3, -0.25) is 9.78 Å². The lowest BCUT2D eigenvalue weighted by Gasteiger charge is -2.02. The highest BCUT2D eigenvalue weighted by atomic mass is 16.1. The number of carbonyl (C=O) groups excluding carboxylic acids is 1. The van der Waals surface area contributed by atoms with Gasteiger partial charge in [0.05, 0.1) is 0 Å². The molecule has 0 amide bonds. The molecule has 0 saturated heterocycles. The second kappa shape index (κ2) is 5.05. The first kappa shape index (κ1) is 11.1. The molecule has 2 nitrogen and oxygen atoms in total. The first-order valence-electron chi connectivity index (χ1n) is 4.37. The number of nitrogens with zero attached hydrogens (tertiary/aromatic N) is 1. The molecule has 0 unspecified atom stereocenters. The van der Waals surface area contributed by atoms with Crippen LogP contribution in [-0.4, -0.2) is 11.3 Å². The first-order valence-corrected chi connectivity index (χ1v) is 4.37. The summed E-state index contributed by atoms with van der Waals surface area (Å²) in [5.74, 6) is 0. The van der Waals surface area contributed by atoms with E-state index in [0.717, 1.165) is 17.4 Å². The highest BCUT2D eigenvalue weighted by Crippen LogP contribution is 2.20. The minimum Gasteiger partial charge on any atom is -0.296 e. The van der Waals surface area contributed by atoms with Crippen LogP contribution in [0.4, 0.5) is 0 Å². The molecule has 0 saturated carbocycles. The van der Waals surface area contributed by atoms with E-state index in [1.165, 1.54) is 0 Å². The highest BCUT2D eigenvalue weighted by molar-refractivity contribution is 5.84. The Hall–Kier alpha value is -1.96. The largest absolute Gasteiger partial charge is 0.296 e. The van der Waals surface area contributed by atoms with Crippen molar-refractivity contribution in [3.63, 3.8) is 0 Å². The van der Waals surface area contributed by atoms with E-state index in [2.05, 4.69) is 4.98 Å². The normalized spacial score (nSPS) is 9.07. The molecule has 2 heteroatoms. The molecule has 15 heavy (non-hydrogen) atoms. The smallest absolute Gasteiger partial charge is 0.169 e. The molecule has 0 spiro atoms. The summed E-state index contributed by atoms with van der Waals surface area (Å²) in [7, 11) is 0. The van der Waals surface area contributed by atoms with Crippen molar-refractivity contribution in [3.8, 4) is 11.1 Å². The number of benzene rings is 1. The van der Waals surface area contributed by atoms with E-state index in [9.17, 15) is 4.79 Å². The number of hydrogen-bond donors (Lipinski definition) is 0. The van der Waals surface area contributed by atoms with Crippen LogP contribution >= 0.6 is 0 Å². The third-order valence-corrected chi connectivity index (χ3v) is 2.03. The Balaban J connectivity index is 0.00000112. The van der Waals surface area contributed by atoms with Crippen molar-refractivity contribution in [1.82, 2.24) is 4.98 Å². The van der Waals surface area contributed by atoms with Crippen LogP contribution in [0, 0.1) is 0 Å². The Bertz CT molecular complexity index is 437. The summed E-state index contributed by atoms with van der Waals surface area (Å²) in [5, 5.41) is 0. The maximum absolute atomic E-state index is 10.7. The van der Waals surface area contributed by atoms with E-state index in [1.54, 1.807) is 6.20 Å². The van der Waals surface area contributed by atoms with Gasteiger partial charge >= 0.3 is 0 Å². The molecule has 0 aliphatic heterocycles. The van der Waals surface area contributed by atoms with Gasteiger partial charge in [-0.25, -0.2) is 0 Å². The molecule has 0 radical (unpaired) electrons. The molecule has 1 aromatic heterocycles. The van der Waals surface area contributed by atoms with Crippen LogP contribution in [0.15, 0.2) is 48.7 Å². The van der Waals surface area contributed by atoms with Gasteiger partial charge in [0.1, 0.15) is 5.69 Å². The molecule has 0 aliphatic carbocycles. The van der Waals surface area contributed by atoms with Crippen LogP contribution in [-0.2, 0) is 0 Å². The maximum atomic E-state index is 10.7. The zero-order chi connectivity index (χ0) is 9.80. The summed E-state index contributed by atoms with van der Waals surface area (Å²) < 4.78 is 0. The van der Waals surface area contributed by atoms with Crippen LogP contribution in [0.5, 0.6) is 0 Å². The average molecular weight is 199 g/mol. The van der Waals surface area contributed by atoms with Gasteiger partial charge < -0.3 is 0 Å². The van der Waals surface area contributed by atoms with Gasteiger partial charge in [-0.1, -0.05) is 43.8 Å². The van der Waals surface area contributed by atoms with Gasteiger partial charge in [-0.15, -0.1) is 0 Å². The van der Waals surface area contributed by atoms with Crippen molar-refractivity contribution in [3.05, 3.63) is 54.4 Å². The van der Waals surface area contributed by atoms with E-state index in [1.807, 2.05) is 42.5 Å². The van der Waals surface area contributed by atoms with E-state index in [-0.39, 0.29) is 7.43 Å². The lowest BCUT2D eigenvalue weighted by molar-refractivity contribution is 0.111. The van der Waals surface area contributed by atoms with Crippen LogP contribution in [0.2, 0.25) is 0 Å². The molecular formula is C13H13NO. The molecule has 1 aromatic carbocycles. The van der Waals surface area contributed by atoms with Crippen molar-refractivity contribution in [2.75, 3.05) is 0 Å². The zero-order valence-electron chi connectivity index (χ0n) is 7.55. The predicted octanol–water partition coefficient (Wildman–Crippen LogP) is 3.20. The van der Waals surface area contributed by atoms with Crippen molar-refractivity contribution >= 4 is 6.29 Å². The van der Waals surface area contributed by atoms with Gasteiger partial charge in [0, 0.05) is 11.8 Å². The predicted molar refractivity (Wildman–Crippen MR) is 61.8 cm³/mol. The van der Waals surface area contributed by atoms with Gasteiger partial charge in [-0.2, -0.15) is 0 Å². The Labute approximate surface area is 89.6 Å². The lowest BCUT2D eigenvalue weighted by Crippen LogP contribution is -1.90. The molecular weight excluding hydrogens is 186 g/mol. The van der Waals surface area contributed by atoms with Gasteiger partial charge in [0.15, 0.2) is 6.29 Å². The van der Waals surface area contributed by atoms with Crippen molar-refractivity contribution in [1.29, 1.82) is 0 Å². The number of carbonyl (C=O) groups is 1. The molecule has 0 bridgehead atoms. The molecule has 2 aromatic rings. The van der Waals surface area contributed by atoms with Crippen molar-refractivity contribution < 1.29 is 4.79 Å². The van der Waals surface area contributed by atoms with E-state index < -0.39 is 0 Å². The minimum atomic E-state index is 0. The molecule has 76 valence electrons. The Morgan fingerprint density at radius 3 is 2.40 bits per heavy atom. The monoisotopic (exact) mass is 199 g/mol. The second-order valence-corrected chi connectivity index (χ2v) is 2.92. The number of pyridine rings is 1. The molecule has 0 fully saturated rings. The Morgan fingerprint density at radius 1 is 1.00 bits per heavy atom. The van der Waals surface area contributed by atoms with Crippen LogP contribution < -0.4 is 0 Å². The maximum Gasteiger partial charge on any atom is 0.169 e. The van der Waals surface area contributed by atoms with Gasteiger partial charge in [0.25, 0.3) is 0 Å². The summed E-state index contributed by atoms with van der Waals surface area (Å²) in [4.78, 5) is 14.7. The third kappa shape index (κ3) is 2.29. The topological polar surface area (TPSA) is 30.0 Å². The summed E-state index contributed by atoms with van der Waals surface area (Å²) in [5.41, 5.74) is 2.38. The zero-order valence-corrected chi connectivity index (χ0v) is 7.55. The second-order valence-electron chi connectivity index (χ2n) is 2.92. The average Bonchev–Trinajstić information content (AvgIpc) is 2.30. The van der Waals surface area contributed by atoms with Gasteiger partial charge in [0.2, 0.25) is 0 Å². The summed E-state index contributed by atoms with van der Waals surface area (Å²) >= 11 is 0. The fourth-order valence-electron chi connectivity index (χ4n) is 1.37. The fourth-order valence-corrected chi connectivity index (χ4v) is 1.37. The molecule has 0 N–H and O–H groups in total. The summed E-state index contributed by atoms with van der Waals surface area (Å²) in [6.07, 6.45) is 2.40. The standard InChI is InChI=1S/C12H9NO.CH4/c14-9-12-11(7-4-8-13-12)10-5-2-1-3-6-10;/h1-9H;1H4. The van der Waals surface area contributed by atoms with Crippen LogP contribution in [0.25, 0.3) is 11.1 Å². The van der Waals surface area contributed by atoms with Crippen LogP contribution in [0.1, 0.15) is 17.9 Å². The number of aldehydes is 1. The SMILES string of the molecule is C.O=Cc1ncccc1-c1ccccc1. The summed E-state index contributed by atoms with van der Waals surface area (Å²) in [6.45, 7) is 0. The molecule has 2 rings (SSSR count). The van der Waals surface area contributed by atoms with E-state index in [4.69, 9.17) is 0 Å². The van der Waals surface area contributed by atoms with Crippen LogP contribution in [0.3, 0.4) is 0 Å². The highest BCUT2D eigenvalue weighted by Gasteiger charge is 2.02. The minimum absolute atomic E-state index is 0. The Kier molecular flexibility index (Phi) is 3.75. The fraction of sp³-hybridized carbons (Fsp3) is 0.0769. The molecule has 0 atom stereocenters.